The minimum Gasteiger partial charge on any atom is -0.329 e. The van der Waals surface area contributed by atoms with E-state index >= 15 is 0 Å². The van der Waals surface area contributed by atoms with E-state index in [-0.39, 0.29) is 4.90 Å². The molecule has 7 heteroatoms. The monoisotopic (exact) mass is 258 g/mol. The SMILES string of the molecule is Cn1cc(S(=O)(=O)NC(C)(CN)C2CC2)cn1. The molecule has 1 saturated carbocycles. The largest absolute Gasteiger partial charge is 0.329 e. The predicted molar refractivity (Wildman–Crippen MR) is 63.7 cm³/mol. The van der Waals surface area contributed by atoms with E-state index in [1.165, 1.54) is 17.1 Å². The number of aromatic nitrogens is 2. The molecular weight excluding hydrogens is 240 g/mol. The number of nitrogens with zero attached hydrogens (tertiary/aromatic N) is 2. The normalized spacial score (nSPS) is 20.2. The van der Waals surface area contributed by atoms with Crippen molar-refractivity contribution < 1.29 is 8.42 Å². The summed E-state index contributed by atoms with van der Waals surface area (Å²) in [6.45, 7) is 2.16. The number of nitrogens with two attached hydrogens (primary N) is 1. The third-order valence-corrected chi connectivity index (χ3v) is 4.83. The molecule has 1 aromatic heterocycles. The molecule has 1 atom stereocenters. The smallest absolute Gasteiger partial charge is 0.244 e. The van der Waals surface area contributed by atoms with E-state index in [2.05, 4.69) is 9.82 Å². The van der Waals surface area contributed by atoms with Crippen LogP contribution in [0.25, 0.3) is 0 Å². The molecule has 1 aliphatic rings. The van der Waals surface area contributed by atoms with Crippen molar-refractivity contribution in [3.63, 3.8) is 0 Å². The van der Waals surface area contributed by atoms with Crippen LogP contribution in [-0.2, 0) is 17.1 Å². The number of aryl methyl sites for hydroxylation is 1. The van der Waals surface area contributed by atoms with Gasteiger partial charge in [-0.3, -0.25) is 4.68 Å². The third-order valence-electron chi connectivity index (χ3n) is 3.26. The molecule has 0 radical (unpaired) electrons. The summed E-state index contributed by atoms with van der Waals surface area (Å²) in [5.41, 5.74) is 5.14. The second-order valence-corrected chi connectivity index (χ2v) is 6.53. The minimum atomic E-state index is -3.53. The van der Waals surface area contributed by atoms with Gasteiger partial charge in [-0.05, 0) is 25.7 Å². The van der Waals surface area contributed by atoms with Gasteiger partial charge in [-0.15, -0.1) is 0 Å². The molecule has 0 bridgehead atoms. The Labute approximate surface area is 101 Å². The van der Waals surface area contributed by atoms with Crippen molar-refractivity contribution in [2.75, 3.05) is 6.54 Å². The zero-order valence-electron chi connectivity index (χ0n) is 10.0. The fourth-order valence-electron chi connectivity index (χ4n) is 1.92. The molecule has 1 aliphatic carbocycles. The number of sulfonamides is 1. The molecule has 0 amide bonds. The Hall–Kier alpha value is -0.920. The van der Waals surface area contributed by atoms with E-state index in [0.29, 0.717) is 12.5 Å². The standard InChI is InChI=1S/C10H18N4O2S/c1-10(7-11,8-3-4-8)13-17(15,16)9-5-12-14(2)6-9/h5-6,8,13H,3-4,7,11H2,1-2H3. The van der Waals surface area contributed by atoms with Gasteiger partial charge in [-0.25, -0.2) is 13.1 Å². The highest BCUT2D eigenvalue weighted by Gasteiger charge is 2.43. The number of nitrogens with one attached hydrogen (secondary N) is 1. The maximum atomic E-state index is 12.1. The summed E-state index contributed by atoms with van der Waals surface area (Å²) in [7, 11) is -1.84. The Balaban J connectivity index is 2.22. The quantitative estimate of drug-likeness (QED) is 0.767. The van der Waals surface area contributed by atoms with Crippen LogP contribution in [0.15, 0.2) is 17.3 Å². The molecule has 1 heterocycles. The second kappa shape index (κ2) is 4.08. The summed E-state index contributed by atoms with van der Waals surface area (Å²) < 4.78 is 28.4. The zero-order valence-corrected chi connectivity index (χ0v) is 10.9. The molecular formula is C10H18N4O2S. The molecule has 1 fully saturated rings. The number of hydrogen-bond acceptors (Lipinski definition) is 4. The molecule has 2 rings (SSSR count). The Kier molecular flexibility index (Phi) is 3.01. The molecule has 0 aliphatic heterocycles. The first-order valence-corrected chi connectivity index (χ1v) is 7.08. The highest BCUT2D eigenvalue weighted by Crippen LogP contribution is 2.39. The highest BCUT2D eigenvalue weighted by atomic mass is 32.2. The summed E-state index contributed by atoms with van der Waals surface area (Å²) in [4.78, 5) is 0.181. The third kappa shape index (κ3) is 2.51. The molecule has 3 N–H and O–H groups in total. The topological polar surface area (TPSA) is 90.0 Å². The van der Waals surface area contributed by atoms with Gasteiger partial charge in [0.05, 0.1) is 6.20 Å². The van der Waals surface area contributed by atoms with Crippen LogP contribution in [0.2, 0.25) is 0 Å². The van der Waals surface area contributed by atoms with Gasteiger partial charge in [0, 0.05) is 25.3 Å². The van der Waals surface area contributed by atoms with Crippen molar-refractivity contribution in [1.82, 2.24) is 14.5 Å². The fraction of sp³-hybridized carbons (Fsp3) is 0.700. The lowest BCUT2D eigenvalue weighted by atomic mass is 9.98. The number of hydrogen-bond donors (Lipinski definition) is 2. The van der Waals surface area contributed by atoms with Crippen molar-refractivity contribution in [3.05, 3.63) is 12.4 Å². The van der Waals surface area contributed by atoms with Crippen molar-refractivity contribution >= 4 is 10.0 Å². The van der Waals surface area contributed by atoms with Gasteiger partial charge in [0.1, 0.15) is 4.90 Å². The van der Waals surface area contributed by atoms with Gasteiger partial charge >= 0.3 is 0 Å². The van der Waals surface area contributed by atoms with E-state index in [4.69, 9.17) is 5.73 Å². The first kappa shape index (κ1) is 12.5. The van der Waals surface area contributed by atoms with Crippen LogP contribution in [0, 0.1) is 5.92 Å². The Morgan fingerprint density at radius 2 is 2.29 bits per heavy atom. The Bertz CT molecular complexity index is 506. The summed E-state index contributed by atoms with van der Waals surface area (Å²) in [6.07, 6.45) is 4.88. The molecule has 0 spiro atoms. The van der Waals surface area contributed by atoms with Gasteiger partial charge in [0.15, 0.2) is 0 Å². The zero-order chi connectivity index (χ0) is 12.7. The second-order valence-electron chi connectivity index (χ2n) is 4.85. The summed E-state index contributed by atoms with van der Waals surface area (Å²) in [5.74, 6) is 0.346. The molecule has 0 aromatic carbocycles. The lowest BCUT2D eigenvalue weighted by Crippen LogP contribution is -2.52. The van der Waals surface area contributed by atoms with Crippen LogP contribution >= 0.6 is 0 Å². The van der Waals surface area contributed by atoms with Crippen LogP contribution in [0.5, 0.6) is 0 Å². The summed E-state index contributed by atoms with van der Waals surface area (Å²) >= 11 is 0. The molecule has 96 valence electrons. The maximum absolute atomic E-state index is 12.1. The minimum absolute atomic E-state index is 0.181. The van der Waals surface area contributed by atoms with Crippen molar-refractivity contribution in [2.45, 2.75) is 30.2 Å². The van der Waals surface area contributed by atoms with Crippen molar-refractivity contribution in [3.8, 4) is 0 Å². The van der Waals surface area contributed by atoms with Gasteiger partial charge in [0.2, 0.25) is 10.0 Å². The predicted octanol–water partition coefficient (Wildman–Crippen LogP) is -0.174. The fourth-order valence-corrected chi connectivity index (χ4v) is 3.37. The Morgan fingerprint density at radius 1 is 1.65 bits per heavy atom. The van der Waals surface area contributed by atoms with Crippen LogP contribution in [0.4, 0.5) is 0 Å². The van der Waals surface area contributed by atoms with Gasteiger partial charge < -0.3 is 5.73 Å². The van der Waals surface area contributed by atoms with E-state index in [9.17, 15) is 8.42 Å². The van der Waals surface area contributed by atoms with Gasteiger partial charge in [0.25, 0.3) is 0 Å². The van der Waals surface area contributed by atoms with Crippen LogP contribution < -0.4 is 10.5 Å². The molecule has 1 unspecified atom stereocenters. The highest BCUT2D eigenvalue weighted by molar-refractivity contribution is 7.89. The van der Waals surface area contributed by atoms with Crippen LogP contribution in [-0.4, -0.2) is 30.3 Å². The Morgan fingerprint density at radius 3 is 2.71 bits per heavy atom. The number of rotatable bonds is 5. The summed E-state index contributed by atoms with van der Waals surface area (Å²) in [6, 6.07) is 0. The van der Waals surface area contributed by atoms with Crippen molar-refractivity contribution in [2.24, 2.45) is 18.7 Å². The lowest BCUT2D eigenvalue weighted by Gasteiger charge is -2.28. The van der Waals surface area contributed by atoms with E-state index < -0.39 is 15.6 Å². The molecule has 17 heavy (non-hydrogen) atoms. The van der Waals surface area contributed by atoms with Gasteiger partial charge in [-0.2, -0.15) is 5.10 Å². The van der Waals surface area contributed by atoms with E-state index in [1.54, 1.807) is 7.05 Å². The van der Waals surface area contributed by atoms with Crippen LogP contribution in [0.3, 0.4) is 0 Å². The van der Waals surface area contributed by atoms with Crippen LogP contribution in [0.1, 0.15) is 19.8 Å². The lowest BCUT2D eigenvalue weighted by molar-refractivity contribution is 0.374. The molecule has 0 saturated heterocycles. The van der Waals surface area contributed by atoms with Crippen molar-refractivity contribution in [1.29, 1.82) is 0 Å². The van der Waals surface area contributed by atoms with E-state index in [1.807, 2.05) is 6.92 Å². The first-order chi connectivity index (χ1) is 7.87. The average molecular weight is 258 g/mol. The maximum Gasteiger partial charge on any atom is 0.244 e. The summed E-state index contributed by atoms with van der Waals surface area (Å²) in [5, 5.41) is 3.87. The molecule has 6 nitrogen and oxygen atoms in total. The molecule has 1 aromatic rings. The first-order valence-electron chi connectivity index (χ1n) is 5.60. The van der Waals surface area contributed by atoms with E-state index in [0.717, 1.165) is 12.8 Å². The van der Waals surface area contributed by atoms with Gasteiger partial charge in [-0.1, -0.05) is 0 Å². The average Bonchev–Trinajstić information content (AvgIpc) is 3.01.